The van der Waals surface area contributed by atoms with Crippen molar-refractivity contribution in [3.63, 3.8) is 0 Å². The van der Waals surface area contributed by atoms with Crippen molar-refractivity contribution < 1.29 is 14.6 Å². The van der Waals surface area contributed by atoms with Crippen LogP contribution in [-0.4, -0.2) is 23.8 Å². The van der Waals surface area contributed by atoms with Crippen molar-refractivity contribution in [2.75, 3.05) is 6.61 Å². The van der Waals surface area contributed by atoms with Gasteiger partial charge in [-0.25, -0.2) is 0 Å². The van der Waals surface area contributed by atoms with Gasteiger partial charge in [-0.3, -0.25) is 4.79 Å². The average molecular weight is 142 g/mol. The summed E-state index contributed by atoms with van der Waals surface area (Å²) in [4.78, 5) is 10.6. The van der Waals surface area contributed by atoms with Gasteiger partial charge in [0.15, 0.2) is 0 Å². The summed E-state index contributed by atoms with van der Waals surface area (Å²) in [6.07, 6.45) is 1.64. The zero-order valence-electron chi connectivity index (χ0n) is 5.62. The Labute approximate surface area is 59.3 Å². The molecule has 0 aromatic rings. The molecule has 56 valence electrons. The summed E-state index contributed by atoms with van der Waals surface area (Å²) >= 11 is 0. The van der Waals surface area contributed by atoms with Crippen LogP contribution in [0.5, 0.6) is 0 Å². The fraction of sp³-hybridized carbons (Fsp3) is 0.571. The van der Waals surface area contributed by atoms with Crippen molar-refractivity contribution in [1.82, 2.24) is 0 Å². The minimum Gasteiger partial charge on any atom is -0.459 e. The van der Waals surface area contributed by atoms with Gasteiger partial charge >= 0.3 is 5.97 Å². The van der Waals surface area contributed by atoms with Crippen molar-refractivity contribution in [2.45, 2.75) is 12.5 Å². The number of aliphatic hydroxyl groups excluding tert-OH is 1. The zero-order valence-corrected chi connectivity index (χ0v) is 5.62. The number of hydrogen-bond donors (Lipinski definition) is 1. The number of ether oxygens (including phenoxy) is 1. The van der Waals surface area contributed by atoms with E-state index in [1.807, 2.05) is 0 Å². The highest BCUT2D eigenvalue weighted by molar-refractivity contribution is 5.72. The van der Waals surface area contributed by atoms with Crippen molar-refractivity contribution >= 4 is 5.97 Å². The maximum Gasteiger partial charge on any atom is 0.306 e. The van der Waals surface area contributed by atoms with Crippen LogP contribution in [0.2, 0.25) is 0 Å². The minimum atomic E-state index is -0.356. The molecule has 3 nitrogen and oxygen atoms in total. The van der Waals surface area contributed by atoms with Crippen molar-refractivity contribution in [1.29, 1.82) is 0 Å². The molecule has 1 N–H and O–H groups in total. The predicted molar refractivity (Wildman–Crippen MR) is 35.3 cm³/mol. The number of rotatable bonds is 2. The van der Waals surface area contributed by atoms with Crippen molar-refractivity contribution in [3.05, 3.63) is 12.7 Å². The fourth-order valence-corrected chi connectivity index (χ4v) is 1.04. The Hall–Kier alpha value is -0.830. The number of cyclic esters (lactones) is 1. The molecule has 1 aliphatic heterocycles. The van der Waals surface area contributed by atoms with E-state index >= 15 is 0 Å². The van der Waals surface area contributed by atoms with Gasteiger partial charge in [0.05, 0.1) is 13.0 Å². The van der Waals surface area contributed by atoms with E-state index < -0.39 is 0 Å². The zero-order chi connectivity index (χ0) is 7.56. The molecule has 0 amide bonds. The number of carbonyl (C=O) groups is 1. The van der Waals surface area contributed by atoms with Gasteiger partial charge in [-0.15, -0.1) is 6.58 Å². The molecule has 10 heavy (non-hydrogen) atoms. The lowest BCUT2D eigenvalue weighted by Crippen LogP contribution is -2.18. The monoisotopic (exact) mass is 142 g/mol. The van der Waals surface area contributed by atoms with E-state index in [-0.39, 0.29) is 24.6 Å². The Morgan fingerprint density at radius 3 is 3.00 bits per heavy atom. The predicted octanol–water partition coefficient (Wildman–Crippen LogP) is 0.0964. The molecule has 2 atom stereocenters. The third kappa shape index (κ3) is 1.19. The van der Waals surface area contributed by atoms with Gasteiger partial charge < -0.3 is 9.84 Å². The second kappa shape index (κ2) is 2.84. The van der Waals surface area contributed by atoms with Crippen LogP contribution in [-0.2, 0) is 9.53 Å². The first-order valence-corrected chi connectivity index (χ1v) is 3.21. The van der Waals surface area contributed by atoms with Crippen LogP contribution in [0, 0.1) is 5.92 Å². The molecule has 1 fully saturated rings. The third-order valence-electron chi connectivity index (χ3n) is 1.65. The summed E-state index contributed by atoms with van der Waals surface area (Å²) < 4.78 is 4.75. The topological polar surface area (TPSA) is 46.5 Å². The van der Waals surface area contributed by atoms with E-state index in [0.29, 0.717) is 6.42 Å². The molecular weight excluding hydrogens is 132 g/mol. The molecule has 0 aromatic heterocycles. The summed E-state index contributed by atoms with van der Waals surface area (Å²) in [5.74, 6) is -0.249. The second-order valence-electron chi connectivity index (χ2n) is 2.31. The summed E-state index contributed by atoms with van der Waals surface area (Å²) in [6, 6.07) is 0. The SMILES string of the molecule is C=C[C@@H]1CC(=O)O[C@H]1CO. The first kappa shape index (κ1) is 7.28. The van der Waals surface area contributed by atoms with Gasteiger partial charge in [0.2, 0.25) is 0 Å². The molecule has 1 heterocycles. The molecule has 0 aliphatic carbocycles. The Bertz CT molecular complexity index is 153. The maximum atomic E-state index is 10.6. The van der Waals surface area contributed by atoms with Gasteiger partial charge in [0.25, 0.3) is 0 Å². The first-order chi connectivity index (χ1) is 4.77. The molecular formula is C7H10O3. The Morgan fingerprint density at radius 2 is 2.60 bits per heavy atom. The number of esters is 1. The smallest absolute Gasteiger partial charge is 0.306 e. The molecule has 0 bridgehead atoms. The molecule has 0 unspecified atom stereocenters. The van der Waals surface area contributed by atoms with Crippen LogP contribution in [0.3, 0.4) is 0 Å². The molecule has 1 rings (SSSR count). The van der Waals surface area contributed by atoms with Gasteiger partial charge in [-0.05, 0) is 0 Å². The molecule has 0 spiro atoms. The fourth-order valence-electron chi connectivity index (χ4n) is 1.04. The summed E-state index contributed by atoms with van der Waals surface area (Å²) in [5, 5.41) is 8.66. The van der Waals surface area contributed by atoms with E-state index in [2.05, 4.69) is 6.58 Å². The highest BCUT2D eigenvalue weighted by Gasteiger charge is 2.31. The Kier molecular flexibility index (Phi) is 2.06. The van der Waals surface area contributed by atoms with Crippen molar-refractivity contribution in [2.24, 2.45) is 5.92 Å². The second-order valence-corrected chi connectivity index (χ2v) is 2.31. The quantitative estimate of drug-likeness (QED) is 0.439. The van der Waals surface area contributed by atoms with Crippen LogP contribution in [0.1, 0.15) is 6.42 Å². The highest BCUT2D eigenvalue weighted by atomic mass is 16.6. The normalized spacial score (nSPS) is 31.9. The van der Waals surface area contributed by atoms with Gasteiger partial charge in [0, 0.05) is 5.92 Å². The average Bonchev–Trinajstić information content (AvgIpc) is 2.30. The van der Waals surface area contributed by atoms with Crippen LogP contribution in [0.15, 0.2) is 12.7 Å². The van der Waals surface area contributed by atoms with Crippen LogP contribution in [0.4, 0.5) is 0 Å². The Morgan fingerprint density at radius 1 is 1.90 bits per heavy atom. The standard InChI is InChI=1S/C7H10O3/c1-2-5-3-7(9)10-6(5)4-8/h2,5-6,8H,1,3-4H2/t5-,6+/m1/s1. The first-order valence-electron chi connectivity index (χ1n) is 3.21. The molecule has 3 heteroatoms. The van der Waals surface area contributed by atoms with E-state index in [9.17, 15) is 4.79 Å². The number of aliphatic hydroxyl groups is 1. The molecule has 0 saturated carbocycles. The van der Waals surface area contributed by atoms with Crippen molar-refractivity contribution in [3.8, 4) is 0 Å². The number of carbonyl (C=O) groups excluding carboxylic acids is 1. The Balaban J connectivity index is 2.56. The molecule has 0 radical (unpaired) electrons. The van der Waals surface area contributed by atoms with Crippen LogP contribution < -0.4 is 0 Å². The highest BCUT2D eigenvalue weighted by Crippen LogP contribution is 2.21. The summed E-state index contributed by atoms with van der Waals surface area (Å²) in [7, 11) is 0. The lowest BCUT2D eigenvalue weighted by atomic mass is 10.0. The number of hydrogen-bond acceptors (Lipinski definition) is 3. The molecule has 1 saturated heterocycles. The molecule has 0 aromatic carbocycles. The molecule has 1 aliphatic rings. The minimum absolute atomic E-state index is 0.00231. The van der Waals surface area contributed by atoms with Crippen LogP contribution in [0.25, 0.3) is 0 Å². The van der Waals surface area contributed by atoms with E-state index in [4.69, 9.17) is 9.84 Å². The lowest BCUT2D eigenvalue weighted by molar-refractivity contribution is -0.142. The third-order valence-corrected chi connectivity index (χ3v) is 1.65. The van der Waals surface area contributed by atoms with E-state index in [1.54, 1.807) is 6.08 Å². The van der Waals surface area contributed by atoms with Gasteiger partial charge in [-0.2, -0.15) is 0 Å². The van der Waals surface area contributed by atoms with E-state index in [1.165, 1.54) is 0 Å². The summed E-state index contributed by atoms with van der Waals surface area (Å²) in [5.41, 5.74) is 0. The van der Waals surface area contributed by atoms with Gasteiger partial charge in [0.1, 0.15) is 6.10 Å². The largest absolute Gasteiger partial charge is 0.459 e. The summed E-state index contributed by atoms with van der Waals surface area (Å²) in [6.45, 7) is 3.42. The van der Waals surface area contributed by atoms with E-state index in [0.717, 1.165) is 0 Å². The van der Waals surface area contributed by atoms with Gasteiger partial charge in [-0.1, -0.05) is 6.08 Å². The van der Waals surface area contributed by atoms with Crippen LogP contribution >= 0.6 is 0 Å². The lowest BCUT2D eigenvalue weighted by Gasteiger charge is -2.09. The maximum absolute atomic E-state index is 10.6.